The number of benzene rings is 1. The molecule has 0 atom stereocenters. The number of anilines is 2. The fraction of sp³-hybridized carbons (Fsp3) is 0.316. The minimum absolute atomic E-state index is 0.0614. The van der Waals surface area contributed by atoms with Gasteiger partial charge in [0, 0.05) is 25.0 Å². The van der Waals surface area contributed by atoms with E-state index in [4.69, 9.17) is 4.74 Å². The van der Waals surface area contributed by atoms with E-state index < -0.39 is 18.5 Å². The highest BCUT2D eigenvalue weighted by Crippen LogP contribution is 2.21. The van der Waals surface area contributed by atoms with Crippen LogP contribution in [0.4, 0.5) is 11.6 Å². The molecule has 3 rings (SSSR count). The van der Waals surface area contributed by atoms with Crippen molar-refractivity contribution in [1.82, 2.24) is 15.3 Å². The van der Waals surface area contributed by atoms with Gasteiger partial charge in [0.05, 0.1) is 17.7 Å². The number of ether oxygens (including phenoxy) is 1. The predicted octanol–water partition coefficient (Wildman–Crippen LogP) is 1.35. The Morgan fingerprint density at radius 3 is 2.57 bits per heavy atom. The van der Waals surface area contributed by atoms with Gasteiger partial charge in [-0.2, -0.15) is 0 Å². The maximum absolute atomic E-state index is 12.2. The van der Waals surface area contributed by atoms with Crippen LogP contribution in [0.5, 0.6) is 0 Å². The monoisotopic (exact) mass is 383 g/mol. The predicted molar refractivity (Wildman–Crippen MR) is 102 cm³/mol. The molecule has 0 unspecified atom stereocenters. The third-order valence-corrected chi connectivity index (χ3v) is 3.90. The van der Waals surface area contributed by atoms with Crippen molar-refractivity contribution in [3.05, 3.63) is 48.3 Å². The first-order chi connectivity index (χ1) is 13.6. The zero-order chi connectivity index (χ0) is 19.8. The number of nitrogens with zero attached hydrogens (tertiary/aromatic N) is 2. The Labute approximate surface area is 161 Å². The second-order valence-corrected chi connectivity index (χ2v) is 6.25. The van der Waals surface area contributed by atoms with Crippen molar-refractivity contribution in [3.63, 3.8) is 0 Å². The van der Waals surface area contributed by atoms with Crippen LogP contribution in [0.2, 0.25) is 0 Å². The summed E-state index contributed by atoms with van der Waals surface area (Å²) in [6.07, 6.45) is 5.18. The third kappa shape index (κ3) is 6.04. The van der Waals surface area contributed by atoms with Crippen molar-refractivity contribution >= 4 is 29.4 Å². The molecule has 28 heavy (non-hydrogen) atoms. The van der Waals surface area contributed by atoms with E-state index in [1.54, 1.807) is 42.7 Å². The summed E-state index contributed by atoms with van der Waals surface area (Å²) in [6, 6.07) is 8.61. The number of carbonyl (C=O) groups is 3. The van der Waals surface area contributed by atoms with Crippen molar-refractivity contribution in [3.8, 4) is 0 Å². The van der Waals surface area contributed by atoms with E-state index in [0.29, 0.717) is 17.2 Å². The average Bonchev–Trinajstić information content (AvgIpc) is 3.51. The summed E-state index contributed by atoms with van der Waals surface area (Å²) in [5.74, 6) is -0.864. The fourth-order valence-corrected chi connectivity index (χ4v) is 2.35. The SMILES string of the molecule is O=C(COC(=O)CCNc1ncccn1)Nc1ccccc1C(=O)NC1CC1. The Morgan fingerprint density at radius 1 is 1.07 bits per heavy atom. The molecule has 9 heteroatoms. The number of esters is 1. The van der Waals surface area contributed by atoms with Crippen molar-refractivity contribution in [2.75, 3.05) is 23.8 Å². The summed E-state index contributed by atoms with van der Waals surface area (Å²) in [5.41, 5.74) is 0.755. The maximum atomic E-state index is 12.2. The average molecular weight is 383 g/mol. The molecule has 0 saturated heterocycles. The smallest absolute Gasteiger partial charge is 0.308 e. The van der Waals surface area contributed by atoms with Gasteiger partial charge >= 0.3 is 5.97 Å². The van der Waals surface area contributed by atoms with Crippen molar-refractivity contribution in [2.45, 2.75) is 25.3 Å². The van der Waals surface area contributed by atoms with Gasteiger partial charge in [-0.25, -0.2) is 9.97 Å². The molecule has 0 spiro atoms. The molecule has 1 aliphatic rings. The maximum Gasteiger partial charge on any atom is 0.308 e. The van der Waals surface area contributed by atoms with Crippen LogP contribution in [0, 0.1) is 0 Å². The van der Waals surface area contributed by atoms with Gasteiger partial charge in [0.1, 0.15) is 0 Å². The van der Waals surface area contributed by atoms with Gasteiger partial charge < -0.3 is 20.7 Å². The van der Waals surface area contributed by atoms with E-state index >= 15 is 0 Å². The van der Waals surface area contributed by atoms with Crippen LogP contribution in [0.15, 0.2) is 42.7 Å². The first-order valence-corrected chi connectivity index (χ1v) is 8.98. The molecule has 1 aliphatic carbocycles. The summed E-state index contributed by atoms with van der Waals surface area (Å²) in [4.78, 5) is 44.0. The Bertz CT molecular complexity index is 839. The van der Waals surface area contributed by atoms with Gasteiger partial charge in [-0.05, 0) is 31.0 Å². The van der Waals surface area contributed by atoms with Crippen molar-refractivity contribution in [1.29, 1.82) is 0 Å². The van der Waals surface area contributed by atoms with Gasteiger partial charge in [-0.15, -0.1) is 0 Å². The van der Waals surface area contributed by atoms with E-state index in [0.717, 1.165) is 12.8 Å². The second-order valence-electron chi connectivity index (χ2n) is 6.25. The Hall–Kier alpha value is -3.49. The lowest BCUT2D eigenvalue weighted by Crippen LogP contribution is -2.28. The first-order valence-electron chi connectivity index (χ1n) is 8.98. The quantitative estimate of drug-likeness (QED) is 0.559. The van der Waals surface area contributed by atoms with Crippen LogP contribution in [-0.4, -0.2) is 46.9 Å². The van der Waals surface area contributed by atoms with E-state index in [1.807, 2.05) is 0 Å². The molecule has 2 aromatic rings. The van der Waals surface area contributed by atoms with Crippen LogP contribution >= 0.6 is 0 Å². The fourth-order valence-electron chi connectivity index (χ4n) is 2.35. The Balaban J connectivity index is 1.41. The molecule has 9 nitrogen and oxygen atoms in total. The molecule has 1 fully saturated rings. The molecule has 1 saturated carbocycles. The van der Waals surface area contributed by atoms with Gasteiger partial charge in [0.15, 0.2) is 6.61 Å². The van der Waals surface area contributed by atoms with Crippen molar-refractivity contribution in [2.24, 2.45) is 0 Å². The summed E-state index contributed by atoms with van der Waals surface area (Å²) in [5, 5.41) is 8.36. The molecular weight excluding hydrogens is 362 g/mol. The molecule has 146 valence electrons. The number of hydrogen-bond donors (Lipinski definition) is 3. The standard InChI is InChI=1S/C19H21N5O4/c25-16(12-28-17(26)8-11-22-19-20-9-3-10-21-19)24-15-5-2-1-4-14(15)18(27)23-13-6-7-13/h1-5,9-10,13H,6-8,11-12H2,(H,23,27)(H,24,25)(H,20,21,22). The third-order valence-electron chi connectivity index (χ3n) is 3.90. The van der Waals surface area contributed by atoms with Gasteiger partial charge in [-0.3, -0.25) is 14.4 Å². The highest BCUT2D eigenvalue weighted by atomic mass is 16.5. The number of rotatable bonds is 9. The van der Waals surface area contributed by atoms with Gasteiger partial charge in [-0.1, -0.05) is 12.1 Å². The van der Waals surface area contributed by atoms with Crippen molar-refractivity contribution < 1.29 is 19.1 Å². The van der Waals surface area contributed by atoms with Crippen LogP contribution in [-0.2, 0) is 14.3 Å². The molecule has 1 aromatic heterocycles. The number of aromatic nitrogens is 2. The van der Waals surface area contributed by atoms with E-state index in [1.165, 1.54) is 0 Å². The minimum Gasteiger partial charge on any atom is -0.456 e. The summed E-state index contributed by atoms with van der Waals surface area (Å²) >= 11 is 0. The van der Waals surface area contributed by atoms with Crippen LogP contribution < -0.4 is 16.0 Å². The molecule has 3 N–H and O–H groups in total. The second kappa shape index (κ2) is 9.45. The number of hydrogen-bond acceptors (Lipinski definition) is 7. The van der Waals surface area contributed by atoms with Gasteiger partial charge in [0.25, 0.3) is 11.8 Å². The minimum atomic E-state index is -0.529. The van der Waals surface area contributed by atoms with E-state index in [9.17, 15) is 14.4 Å². The van der Waals surface area contributed by atoms with Crippen LogP contribution in [0.25, 0.3) is 0 Å². The topological polar surface area (TPSA) is 122 Å². The number of amides is 2. The largest absolute Gasteiger partial charge is 0.456 e. The Morgan fingerprint density at radius 2 is 1.82 bits per heavy atom. The zero-order valence-corrected chi connectivity index (χ0v) is 15.2. The Kier molecular flexibility index (Phi) is 6.50. The molecule has 0 radical (unpaired) electrons. The highest BCUT2D eigenvalue weighted by molar-refractivity contribution is 6.04. The number of nitrogens with one attached hydrogen (secondary N) is 3. The molecule has 1 heterocycles. The van der Waals surface area contributed by atoms with E-state index in [2.05, 4.69) is 25.9 Å². The van der Waals surface area contributed by atoms with Crippen LogP contribution in [0.1, 0.15) is 29.6 Å². The summed E-state index contributed by atoms with van der Waals surface area (Å²) in [7, 11) is 0. The lowest BCUT2D eigenvalue weighted by Gasteiger charge is -2.11. The lowest BCUT2D eigenvalue weighted by molar-refractivity contribution is -0.147. The molecule has 2 amide bonds. The molecular formula is C19H21N5O4. The zero-order valence-electron chi connectivity index (χ0n) is 15.2. The molecule has 0 aliphatic heterocycles. The number of para-hydroxylation sites is 1. The van der Waals surface area contributed by atoms with Crippen LogP contribution in [0.3, 0.4) is 0 Å². The molecule has 0 bridgehead atoms. The lowest BCUT2D eigenvalue weighted by atomic mass is 10.1. The molecule has 1 aromatic carbocycles. The normalized spacial score (nSPS) is 12.7. The number of carbonyl (C=O) groups excluding carboxylic acids is 3. The van der Waals surface area contributed by atoms with Gasteiger partial charge in [0.2, 0.25) is 5.95 Å². The highest BCUT2D eigenvalue weighted by Gasteiger charge is 2.25. The summed E-state index contributed by atoms with van der Waals surface area (Å²) < 4.78 is 4.96. The first kappa shape index (κ1) is 19.3. The van der Waals surface area contributed by atoms with E-state index in [-0.39, 0.29) is 24.9 Å². The summed E-state index contributed by atoms with van der Waals surface area (Å²) in [6.45, 7) is -0.145.